The van der Waals surface area contributed by atoms with Gasteiger partial charge >= 0.3 is 0 Å². The normalized spacial score (nSPS) is 11.1. The minimum absolute atomic E-state index is 0.216. The third-order valence-corrected chi connectivity index (χ3v) is 5.18. The first-order valence-electron chi connectivity index (χ1n) is 9.58. The second kappa shape index (κ2) is 7.35. The monoisotopic (exact) mass is 372 g/mol. The molecular weight excluding hydrogens is 348 g/mol. The Morgan fingerprint density at radius 2 is 1.79 bits per heavy atom. The summed E-state index contributed by atoms with van der Waals surface area (Å²) in [5.41, 5.74) is 4.56. The van der Waals surface area contributed by atoms with Gasteiger partial charge in [-0.3, -0.25) is 0 Å². The van der Waals surface area contributed by atoms with Crippen LogP contribution in [0, 0.1) is 0 Å². The van der Waals surface area contributed by atoms with Crippen LogP contribution in [-0.4, -0.2) is 32.7 Å². The van der Waals surface area contributed by atoms with Crippen LogP contribution in [0.4, 0.5) is 5.95 Å². The maximum atomic E-state index is 10.5. The van der Waals surface area contributed by atoms with Gasteiger partial charge < -0.3 is 14.6 Å². The number of phenols is 1. The van der Waals surface area contributed by atoms with Crippen molar-refractivity contribution < 1.29 is 5.11 Å². The summed E-state index contributed by atoms with van der Waals surface area (Å²) >= 11 is 0. The van der Waals surface area contributed by atoms with Crippen LogP contribution in [0.5, 0.6) is 5.75 Å². The van der Waals surface area contributed by atoms with Gasteiger partial charge in [0.2, 0.25) is 5.95 Å². The number of fused-ring (bicyclic) bond motifs is 1. The predicted molar refractivity (Wildman–Crippen MR) is 115 cm³/mol. The molecule has 5 nitrogen and oxygen atoms in total. The van der Waals surface area contributed by atoms with E-state index in [2.05, 4.69) is 58.8 Å². The molecule has 4 aromatic rings. The molecule has 0 saturated carbocycles. The zero-order valence-corrected chi connectivity index (χ0v) is 16.4. The molecule has 0 atom stereocenters. The molecule has 0 saturated heterocycles. The fourth-order valence-electron chi connectivity index (χ4n) is 3.57. The first-order chi connectivity index (χ1) is 13.6. The van der Waals surface area contributed by atoms with Crippen LogP contribution in [0.3, 0.4) is 0 Å². The second-order valence-corrected chi connectivity index (χ2v) is 6.82. The molecule has 4 rings (SSSR count). The van der Waals surface area contributed by atoms with Crippen molar-refractivity contribution in [3.8, 4) is 28.1 Å². The Morgan fingerprint density at radius 1 is 1.00 bits per heavy atom. The van der Waals surface area contributed by atoms with Crippen LogP contribution in [0.25, 0.3) is 33.3 Å². The number of aromatic hydroxyl groups is 1. The standard InChI is InChI=1S/C23H24N4O/c1-4-27(5-2)23-24-15-19(22(25-23)18-8-6-7-9-21(18)28)16-10-11-20-17(14-16)12-13-26(20)3/h6-15,28H,4-5H2,1-3H3. The Balaban J connectivity index is 1.93. The lowest BCUT2D eigenvalue weighted by Gasteiger charge is -2.20. The van der Waals surface area contributed by atoms with Crippen molar-refractivity contribution in [2.75, 3.05) is 18.0 Å². The van der Waals surface area contributed by atoms with Crippen LogP contribution in [0.2, 0.25) is 0 Å². The molecule has 142 valence electrons. The topological polar surface area (TPSA) is 54.2 Å². The molecule has 0 bridgehead atoms. The lowest BCUT2D eigenvalue weighted by atomic mass is 9.99. The van der Waals surface area contributed by atoms with Gasteiger partial charge in [0, 0.05) is 54.6 Å². The number of aromatic nitrogens is 3. The Labute approximate surface area is 164 Å². The van der Waals surface area contributed by atoms with E-state index in [0.717, 1.165) is 35.3 Å². The molecule has 0 amide bonds. The van der Waals surface area contributed by atoms with Gasteiger partial charge in [-0.25, -0.2) is 9.97 Å². The largest absolute Gasteiger partial charge is 0.507 e. The number of para-hydroxylation sites is 1. The highest BCUT2D eigenvalue weighted by molar-refractivity contribution is 5.90. The third-order valence-electron chi connectivity index (χ3n) is 5.18. The van der Waals surface area contributed by atoms with Crippen LogP contribution in [0.15, 0.2) is 60.9 Å². The van der Waals surface area contributed by atoms with Gasteiger partial charge in [-0.2, -0.15) is 0 Å². The summed E-state index contributed by atoms with van der Waals surface area (Å²) < 4.78 is 2.10. The lowest BCUT2D eigenvalue weighted by Crippen LogP contribution is -2.24. The van der Waals surface area contributed by atoms with Crippen molar-refractivity contribution >= 4 is 16.9 Å². The number of aryl methyl sites for hydroxylation is 1. The molecule has 2 heterocycles. The molecule has 0 unspecified atom stereocenters. The molecule has 0 aliphatic carbocycles. The van der Waals surface area contributed by atoms with Gasteiger partial charge in [0.1, 0.15) is 5.75 Å². The number of phenolic OH excluding ortho intramolecular Hbond substituents is 1. The lowest BCUT2D eigenvalue weighted by molar-refractivity contribution is 0.477. The molecule has 5 heteroatoms. The second-order valence-electron chi connectivity index (χ2n) is 6.82. The van der Waals surface area contributed by atoms with E-state index in [4.69, 9.17) is 4.98 Å². The highest BCUT2D eigenvalue weighted by atomic mass is 16.3. The van der Waals surface area contributed by atoms with Gasteiger partial charge in [0.05, 0.1) is 5.69 Å². The van der Waals surface area contributed by atoms with Crippen molar-refractivity contribution in [1.82, 2.24) is 14.5 Å². The highest BCUT2D eigenvalue weighted by Gasteiger charge is 2.17. The molecule has 2 aromatic carbocycles. The highest BCUT2D eigenvalue weighted by Crippen LogP contribution is 2.36. The van der Waals surface area contributed by atoms with Crippen molar-refractivity contribution in [3.63, 3.8) is 0 Å². The number of hydrogen-bond donors (Lipinski definition) is 1. The summed E-state index contributed by atoms with van der Waals surface area (Å²) in [5.74, 6) is 0.890. The number of benzene rings is 2. The number of rotatable bonds is 5. The minimum Gasteiger partial charge on any atom is -0.507 e. The zero-order chi connectivity index (χ0) is 19.7. The van der Waals surface area contributed by atoms with E-state index in [1.165, 1.54) is 5.52 Å². The van der Waals surface area contributed by atoms with Crippen LogP contribution in [-0.2, 0) is 7.05 Å². The first kappa shape index (κ1) is 18.0. The Morgan fingerprint density at radius 3 is 2.54 bits per heavy atom. The smallest absolute Gasteiger partial charge is 0.225 e. The summed E-state index contributed by atoms with van der Waals surface area (Å²) in [6.07, 6.45) is 3.92. The van der Waals surface area contributed by atoms with Gasteiger partial charge in [-0.05, 0) is 49.7 Å². The molecule has 0 spiro atoms. The Bertz CT molecular complexity index is 1130. The van der Waals surface area contributed by atoms with E-state index in [9.17, 15) is 5.11 Å². The molecule has 28 heavy (non-hydrogen) atoms. The van der Waals surface area contributed by atoms with Gasteiger partial charge in [0.15, 0.2) is 0 Å². The Kier molecular flexibility index (Phi) is 4.74. The van der Waals surface area contributed by atoms with E-state index in [1.54, 1.807) is 6.07 Å². The Hall–Kier alpha value is -3.34. The van der Waals surface area contributed by atoms with E-state index < -0.39 is 0 Å². The van der Waals surface area contributed by atoms with E-state index in [1.807, 2.05) is 31.4 Å². The maximum absolute atomic E-state index is 10.5. The fraction of sp³-hybridized carbons (Fsp3) is 0.217. The molecule has 1 N–H and O–H groups in total. The third kappa shape index (κ3) is 3.09. The van der Waals surface area contributed by atoms with E-state index in [-0.39, 0.29) is 5.75 Å². The van der Waals surface area contributed by atoms with Gasteiger partial charge in [0.25, 0.3) is 0 Å². The summed E-state index contributed by atoms with van der Waals surface area (Å²) in [7, 11) is 2.04. The number of nitrogens with zero attached hydrogens (tertiary/aromatic N) is 4. The molecule has 0 fully saturated rings. The van der Waals surface area contributed by atoms with Crippen molar-refractivity contribution in [2.24, 2.45) is 7.05 Å². The van der Waals surface area contributed by atoms with Crippen LogP contribution < -0.4 is 4.90 Å². The van der Waals surface area contributed by atoms with Crippen molar-refractivity contribution in [1.29, 1.82) is 0 Å². The van der Waals surface area contributed by atoms with Gasteiger partial charge in [-0.1, -0.05) is 18.2 Å². The quantitative estimate of drug-likeness (QED) is 0.544. The van der Waals surface area contributed by atoms with Gasteiger partial charge in [-0.15, -0.1) is 0 Å². The van der Waals surface area contributed by atoms with Crippen molar-refractivity contribution in [2.45, 2.75) is 13.8 Å². The average molecular weight is 372 g/mol. The summed E-state index contributed by atoms with van der Waals surface area (Å²) in [5, 5.41) is 11.6. The first-order valence-corrected chi connectivity index (χ1v) is 9.58. The van der Waals surface area contributed by atoms with E-state index in [0.29, 0.717) is 11.5 Å². The molecule has 0 aliphatic heterocycles. The summed E-state index contributed by atoms with van der Waals surface area (Å²) in [6.45, 7) is 5.82. The van der Waals surface area contributed by atoms with Crippen LogP contribution in [0.1, 0.15) is 13.8 Å². The van der Waals surface area contributed by atoms with E-state index >= 15 is 0 Å². The molecule has 0 radical (unpaired) electrons. The number of hydrogen-bond acceptors (Lipinski definition) is 4. The number of anilines is 1. The molecular formula is C23H24N4O. The molecule has 0 aliphatic rings. The molecule has 2 aromatic heterocycles. The predicted octanol–water partition coefficient (Wildman–Crippen LogP) is 4.85. The SMILES string of the molecule is CCN(CC)c1ncc(-c2ccc3c(ccn3C)c2)c(-c2ccccc2O)n1. The summed E-state index contributed by atoms with van der Waals surface area (Å²) in [4.78, 5) is 11.6. The maximum Gasteiger partial charge on any atom is 0.225 e. The minimum atomic E-state index is 0.216. The van der Waals surface area contributed by atoms with Crippen molar-refractivity contribution in [3.05, 3.63) is 60.9 Å². The fourth-order valence-corrected chi connectivity index (χ4v) is 3.57. The zero-order valence-electron chi connectivity index (χ0n) is 16.4. The average Bonchev–Trinajstić information content (AvgIpc) is 3.09. The summed E-state index contributed by atoms with van der Waals surface area (Å²) in [6, 6.07) is 15.8. The van der Waals surface area contributed by atoms with Crippen LogP contribution >= 0.6 is 0 Å².